The lowest BCUT2D eigenvalue weighted by molar-refractivity contribution is -0.136. The van der Waals surface area contributed by atoms with Crippen LogP contribution in [0.3, 0.4) is 0 Å². The van der Waals surface area contributed by atoms with Crippen LogP contribution in [0.25, 0.3) is 10.4 Å². The highest BCUT2D eigenvalue weighted by molar-refractivity contribution is 7.13. The van der Waals surface area contributed by atoms with Crippen molar-refractivity contribution >= 4 is 17.3 Å². The number of benzene rings is 2. The Kier molecular flexibility index (Phi) is 6.41. The van der Waals surface area contributed by atoms with Gasteiger partial charge in [-0.1, -0.05) is 31.2 Å². The van der Waals surface area contributed by atoms with Crippen LogP contribution in [0, 0.1) is 11.6 Å². The van der Waals surface area contributed by atoms with Gasteiger partial charge in [-0.25, -0.2) is 8.78 Å². The lowest BCUT2D eigenvalue weighted by atomic mass is 10.1. The number of halogens is 2. The zero-order valence-corrected chi connectivity index (χ0v) is 16.2. The second-order valence-corrected chi connectivity index (χ2v) is 7.31. The minimum Gasteiger partial charge on any atom is -0.483 e. The van der Waals surface area contributed by atoms with Crippen LogP contribution in [0.2, 0.25) is 0 Å². The Balaban J connectivity index is 1.74. The number of ether oxygens (including phenoxy) is 1. The molecule has 0 radical (unpaired) electrons. The molecule has 1 N–H and O–H groups in total. The summed E-state index contributed by atoms with van der Waals surface area (Å²) in [4.78, 5) is 11.6. The van der Waals surface area contributed by atoms with E-state index in [9.17, 15) is 13.6 Å². The number of hydrogen-bond donors (Lipinski definition) is 1. The molecule has 3 nitrogen and oxygen atoms in total. The first-order chi connectivity index (χ1) is 13.5. The number of rotatable bonds is 8. The van der Waals surface area contributed by atoms with Gasteiger partial charge in [-0.2, -0.15) is 0 Å². The molecule has 1 heterocycles. The largest absolute Gasteiger partial charge is 0.483 e. The van der Waals surface area contributed by atoms with Crippen LogP contribution >= 0.6 is 11.3 Å². The predicted octanol–water partition coefficient (Wildman–Crippen LogP) is 5.85. The first-order valence-corrected chi connectivity index (χ1v) is 9.84. The smallest absolute Gasteiger partial charge is 0.303 e. The van der Waals surface area contributed by atoms with E-state index in [0.29, 0.717) is 0 Å². The van der Waals surface area contributed by atoms with Crippen molar-refractivity contribution in [3.05, 3.63) is 76.2 Å². The summed E-state index contributed by atoms with van der Waals surface area (Å²) in [6.07, 6.45) is 0.835. The number of carboxylic acids is 1. The normalized spacial score (nSPS) is 10.8. The van der Waals surface area contributed by atoms with E-state index in [0.717, 1.165) is 34.6 Å². The van der Waals surface area contributed by atoms with Crippen molar-refractivity contribution in [1.82, 2.24) is 0 Å². The van der Waals surface area contributed by atoms with Crippen LogP contribution in [-0.2, 0) is 24.2 Å². The van der Waals surface area contributed by atoms with Crippen molar-refractivity contribution < 1.29 is 23.4 Å². The van der Waals surface area contributed by atoms with Gasteiger partial charge < -0.3 is 9.84 Å². The van der Waals surface area contributed by atoms with E-state index in [1.165, 1.54) is 5.56 Å². The SMILES string of the molecule is CCc1ccc(-c2sccc2COc2c(F)cc(CCC(=O)O)cc2F)cc1. The number of carboxylic acid groups (broad SMARTS) is 1. The Bertz CT molecular complexity index is 941. The molecule has 0 aliphatic carbocycles. The number of aryl methyl sites for hydroxylation is 2. The maximum absolute atomic E-state index is 14.3. The molecule has 2 aromatic carbocycles. The fourth-order valence-corrected chi connectivity index (χ4v) is 3.81. The molecule has 6 heteroatoms. The van der Waals surface area contributed by atoms with Crippen LogP contribution in [0.4, 0.5) is 8.78 Å². The van der Waals surface area contributed by atoms with E-state index >= 15 is 0 Å². The third-order valence-electron chi connectivity index (χ3n) is 4.43. The van der Waals surface area contributed by atoms with Gasteiger partial charge in [-0.15, -0.1) is 11.3 Å². The maximum atomic E-state index is 14.3. The zero-order valence-electron chi connectivity index (χ0n) is 15.4. The van der Waals surface area contributed by atoms with Gasteiger partial charge >= 0.3 is 5.97 Å². The van der Waals surface area contributed by atoms with Crippen molar-refractivity contribution in [3.63, 3.8) is 0 Å². The molecule has 3 aromatic rings. The average molecular weight is 402 g/mol. The molecule has 0 amide bonds. The maximum Gasteiger partial charge on any atom is 0.303 e. The standard InChI is InChI=1S/C22H20F2O3S/c1-2-14-3-6-16(7-4-14)22-17(9-10-28-22)13-27-21-18(23)11-15(12-19(21)24)5-8-20(25)26/h3-4,6-7,9-12H,2,5,8,13H2,1H3,(H,25,26). The van der Waals surface area contributed by atoms with Crippen LogP contribution < -0.4 is 4.74 Å². The fraction of sp³-hybridized carbons (Fsp3) is 0.227. The summed E-state index contributed by atoms with van der Waals surface area (Å²) >= 11 is 1.55. The Morgan fingerprint density at radius 1 is 1.07 bits per heavy atom. The molecule has 3 rings (SSSR count). The Labute approximate surface area is 166 Å². The fourth-order valence-electron chi connectivity index (χ4n) is 2.89. The third kappa shape index (κ3) is 4.75. The second kappa shape index (κ2) is 8.97. The van der Waals surface area contributed by atoms with Crippen molar-refractivity contribution in [2.45, 2.75) is 32.8 Å². The first kappa shape index (κ1) is 20.0. The van der Waals surface area contributed by atoms with E-state index in [1.807, 2.05) is 23.6 Å². The number of thiophene rings is 1. The van der Waals surface area contributed by atoms with Gasteiger partial charge in [0, 0.05) is 16.9 Å². The second-order valence-electron chi connectivity index (χ2n) is 6.40. The lowest BCUT2D eigenvalue weighted by Gasteiger charge is -2.11. The molecule has 1 aromatic heterocycles. The Morgan fingerprint density at radius 2 is 1.75 bits per heavy atom. The summed E-state index contributed by atoms with van der Waals surface area (Å²) in [6.45, 7) is 2.13. The van der Waals surface area contributed by atoms with Crippen LogP contribution in [0.5, 0.6) is 5.75 Å². The molecule has 0 aliphatic rings. The number of aliphatic carboxylic acids is 1. The summed E-state index contributed by atoms with van der Waals surface area (Å²) in [5.41, 5.74) is 3.42. The Hall–Kier alpha value is -2.73. The van der Waals surface area contributed by atoms with Gasteiger partial charge in [0.2, 0.25) is 0 Å². The van der Waals surface area contributed by atoms with E-state index in [2.05, 4.69) is 19.1 Å². The van der Waals surface area contributed by atoms with Crippen molar-refractivity contribution in [2.24, 2.45) is 0 Å². The molecule has 0 bridgehead atoms. The van der Waals surface area contributed by atoms with Gasteiger partial charge in [-0.05, 0) is 53.1 Å². The highest BCUT2D eigenvalue weighted by atomic mass is 32.1. The van der Waals surface area contributed by atoms with Gasteiger partial charge in [0.1, 0.15) is 6.61 Å². The van der Waals surface area contributed by atoms with E-state index < -0.39 is 23.4 Å². The lowest BCUT2D eigenvalue weighted by Crippen LogP contribution is -2.03. The van der Waals surface area contributed by atoms with E-state index in [4.69, 9.17) is 9.84 Å². The molecular formula is C22H20F2O3S. The quantitative estimate of drug-likeness (QED) is 0.514. The summed E-state index contributed by atoms with van der Waals surface area (Å²) in [5, 5.41) is 10.6. The summed E-state index contributed by atoms with van der Waals surface area (Å²) in [5.74, 6) is -3.12. The summed E-state index contributed by atoms with van der Waals surface area (Å²) in [6, 6.07) is 12.3. The minimum absolute atomic E-state index is 0.0384. The van der Waals surface area contributed by atoms with Gasteiger partial charge in [0.15, 0.2) is 17.4 Å². The third-order valence-corrected chi connectivity index (χ3v) is 5.43. The molecule has 0 unspecified atom stereocenters. The molecule has 0 fully saturated rings. The zero-order chi connectivity index (χ0) is 20.1. The highest BCUT2D eigenvalue weighted by Crippen LogP contribution is 2.32. The monoisotopic (exact) mass is 402 g/mol. The molecule has 0 aliphatic heterocycles. The first-order valence-electron chi connectivity index (χ1n) is 8.96. The van der Waals surface area contributed by atoms with Crippen molar-refractivity contribution in [2.75, 3.05) is 0 Å². The van der Waals surface area contributed by atoms with Crippen LogP contribution in [0.1, 0.15) is 30.0 Å². The average Bonchev–Trinajstić information content (AvgIpc) is 3.14. The van der Waals surface area contributed by atoms with E-state index in [-0.39, 0.29) is 25.0 Å². The predicted molar refractivity (Wildman–Crippen MR) is 106 cm³/mol. The highest BCUT2D eigenvalue weighted by Gasteiger charge is 2.15. The Morgan fingerprint density at radius 3 is 2.36 bits per heavy atom. The van der Waals surface area contributed by atoms with Crippen molar-refractivity contribution in [3.8, 4) is 16.2 Å². The van der Waals surface area contributed by atoms with Gasteiger partial charge in [-0.3, -0.25) is 4.79 Å². The van der Waals surface area contributed by atoms with Crippen molar-refractivity contribution in [1.29, 1.82) is 0 Å². The summed E-state index contributed by atoms with van der Waals surface area (Å²) < 4.78 is 34.0. The summed E-state index contributed by atoms with van der Waals surface area (Å²) in [7, 11) is 0. The van der Waals surface area contributed by atoms with Gasteiger partial charge in [0.05, 0.1) is 0 Å². The molecule has 0 saturated carbocycles. The van der Waals surface area contributed by atoms with E-state index in [1.54, 1.807) is 11.3 Å². The molecule has 0 spiro atoms. The molecule has 146 valence electrons. The minimum atomic E-state index is -1.02. The van der Waals surface area contributed by atoms with Crippen LogP contribution in [0.15, 0.2) is 47.8 Å². The number of hydrogen-bond acceptors (Lipinski definition) is 3. The molecular weight excluding hydrogens is 382 g/mol. The number of carbonyl (C=O) groups is 1. The molecule has 28 heavy (non-hydrogen) atoms. The molecule has 0 saturated heterocycles. The van der Waals surface area contributed by atoms with Crippen LogP contribution in [-0.4, -0.2) is 11.1 Å². The topological polar surface area (TPSA) is 46.5 Å². The van der Waals surface area contributed by atoms with Gasteiger partial charge in [0.25, 0.3) is 0 Å². The molecule has 0 atom stereocenters.